The van der Waals surface area contributed by atoms with Gasteiger partial charge in [-0.25, -0.2) is 0 Å². The van der Waals surface area contributed by atoms with E-state index in [1.807, 2.05) is 12.1 Å². The lowest BCUT2D eigenvalue weighted by atomic mass is 10.2. The van der Waals surface area contributed by atoms with E-state index >= 15 is 0 Å². The van der Waals surface area contributed by atoms with Gasteiger partial charge in [-0.3, -0.25) is 15.2 Å². The fourth-order valence-electron chi connectivity index (χ4n) is 2.23. The molecule has 0 bridgehead atoms. The van der Waals surface area contributed by atoms with E-state index in [1.54, 1.807) is 0 Å². The van der Waals surface area contributed by atoms with Crippen molar-refractivity contribution >= 4 is 27.5 Å². The molecule has 1 aromatic carbocycles. The van der Waals surface area contributed by atoms with E-state index in [9.17, 15) is 0 Å². The molecule has 3 nitrogen and oxygen atoms in total. The third-order valence-corrected chi connectivity index (χ3v) is 4.02. The minimum atomic E-state index is 0.191. The van der Waals surface area contributed by atoms with Crippen molar-refractivity contribution in [3.05, 3.63) is 45.0 Å². The molecule has 0 spiro atoms. The summed E-state index contributed by atoms with van der Waals surface area (Å²) < 4.78 is 0.987. The highest BCUT2D eigenvalue weighted by Crippen LogP contribution is 2.29. The number of rotatable bonds is 2. The number of hydrogen-bond donors (Lipinski definition) is 1. The van der Waals surface area contributed by atoms with Crippen molar-refractivity contribution < 1.29 is 4.84 Å². The first-order valence-electron chi connectivity index (χ1n) is 5.49. The fraction of sp³-hybridized carbons (Fsp3) is 0.333. The maximum Gasteiger partial charge on any atom is 0.123 e. The summed E-state index contributed by atoms with van der Waals surface area (Å²) in [6.07, 6.45) is 0.191. The zero-order valence-corrected chi connectivity index (χ0v) is 11.5. The molecule has 2 heterocycles. The van der Waals surface area contributed by atoms with Crippen molar-refractivity contribution in [1.29, 1.82) is 0 Å². The van der Waals surface area contributed by atoms with Crippen molar-refractivity contribution in [2.24, 2.45) is 0 Å². The fourth-order valence-corrected chi connectivity index (χ4v) is 2.83. The third-order valence-electron chi connectivity index (χ3n) is 3.10. The Hall–Kier alpha value is -0.550. The Morgan fingerprint density at radius 2 is 2.18 bits per heavy atom. The van der Waals surface area contributed by atoms with Gasteiger partial charge in [0.25, 0.3) is 0 Å². The molecular weight excluding hydrogens is 304 g/mol. The summed E-state index contributed by atoms with van der Waals surface area (Å²) in [4.78, 5) is 7.81. The van der Waals surface area contributed by atoms with Crippen molar-refractivity contribution in [1.82, 2.24) is 10.4 Å². The molecule has 2 aliphatic rings. The Labute approximate surface area is 113 Å². The predicted molar refractivity (Wildman–Crippen MR) is 70.7 cm³/mol. The second kappa shape index (κ2) is 4.61. The van der Waals surface area contributed by atoms with Gasteiger partial charge in [0, 0.05) is 30.2 Å². The predicted octanol–water partition coefficient (Wildman–Crippen LogP) is 2.67. The van der Waals surface area contributed by atoms with Crippen LogP contribution in [0.15, 0.2) is 34.4 Å². The summed E-state index contributed by atoms with van der Waals surface area (Å²) in [7, 11) is 0. The highest BCUT2D eigenvalue weighted by Gasteiger charge is 2.34. The first-order valence-corrected chi connectivity index (χ1v) is 6.66. The number of benzene rings is 1. The van der Waals surface area contributed by atoms with Crippen LogP contribution in [-0.2, 0) is 11.4 Å². The van der Waals surface area contributed by atoms with Crippen LogP contribution in [0.4, 0.5) is 0 Å². The van der Waals surface area contributed by atoms with Crippen LogP contribution in [0.5, 0.6) is 0 Å². The van der Waals surface area contributed by atoms with E-state index in [4.69, 9.17) is 16.4 Å². The minimum absolute atomic E-state index is 0.191. The Kier molecular flexibility index (Phi) is 3.13. The normalized spacial score (nSPS) is 24.0. The number of hydroxylamine groups is 1. The molecule has 1 N–H and O–H groups in total. The molecule has 5 heteroatoms. The zero-order chi connectivity index (χ0) is 11.8. The van der Waals surface area contributed by atoms with E-state index < -0.39 is 0 Å². The molecule has 0 radical (unpaired) electrons. The maximum atomic E-state index is 5.87. The van der Waals surface area contributed by atoms with E-state index in [0.717, 1.165) is 29.3 Å². The lowest BCUT2D eigenvalue weighted by Crippen LogP contribution is -2.24. The van der Waals surface area contributed by atoms with Gasteiger partial charge in [0.2, 0.25) is 0 Å². The summed E-state index contributed by atoms with van der Waals surface area (Å²) in [5.74, 6) is 0. The first-order chi connectivity index (χ1) is 8.22. The largest absolute Gasteiger partial charge is 0.292 e. The van der Waals surface area contributed by atoms with Crippen LogP contribution in [0, 0.1) is 0 Å². The molecule has 0 amide bonds. The molecule has 1 fully saturated rings. The van der Waals surface area contributed by atoms with Crippen molar-refractivity contribution in [2.45, 2.75) is 12.6 Å². The Balaban J connectivity index is 1.68. The second-order valence-corrected chi connectivity index (χ2v) is 5.57. The monoisotopic (exact) mass is 314 g/mol. The standard InChI is InChI=1S/C12H12BrClN2O/c13-12-10-6-16(7-11(10)17-15-12)5-8-1-3-9(14)4-2-8/h1-4,11,15H,5-7H2/t11-/m1/s1. The van der Waals surface area contributed by atoms with Gasteiger partial charge in [0.15, 0.2) is 0 Å². The number of hydrogen-bond acceptors (Lipinski definition) is 3. The molecule has 1 atom stereocenters. The van der Waals surface area contributed by atoms with Crippen molar-refractivity contribution in [2.75, 3.05) is 13.1 Å². The maximum absolute atomic E-state index is 5.87. The molecule has 1 saturated heterocycles. The lowest BCUT2D eigenvalue weighted by molar-refractivity contribution is 0.0382. The van der Waals surface area contributed by atoms with Gasteiger partial charge in [-0.1, -0.05) is 23.7 Å². The lowest BCUT2D eigenvalue weighted by Gasteiger charge is -2.15. The highest BCUT2D eigenvalue weighted by molar-refractivity contribution is 9.11. The van der Waals surface area contributed by atoms with Crippen LogP contribution < -0.4 is 5.48 Å². The van der Waals surface area contributed by atoms with Crippen LogP contribution in [0.25, 0.3) is 0 Å². The average molecular weight is 316 g/mol. The molecule has 0 aromatic heterocycles. The topological polar surface area (TPSA) is 24.5 Å². The van der Waals surface area contributed by atoms with Crippen LogP contribution in [0.1, 0.15) is 5.56 Å². The quantitative estimate of drug-likeness (QED) is 0.849. The van der Waals surface area contributed by atoms with Gasteiger partial charge < -0.3 is 0 Å². The number of nitrogens with zero attached hydrogens (tertiary/aromatic N) is 1. The molecule has 0 unspecified atom stereocenters. The first kappa shape index (κ1) is 11.5. The Morgan fingerprint density at radius 3 is 2.88 bits per heavy atom. The summed E-state index contributed by atoms with van der Waals surface area (Å²) in [6, 6.07) is 8.00. The van der Waals surface area contributed by atoms with Gasteiger partial charge >= 0.3 is 0 Å². The number of fused-ring (bicyclic) bond motifs is 1. The molecule has 17 heavy (non-hydrogen) atoms. The summed E-state index contributed by atoms with van der Waals surface area (Å²) in [6.45, 7) is 2.81. The van der Waals surface area contributed by atoms with Gasteiger partial charge in [0.05, 0.1) is 0 Å². The summed E-state index contributed by atoms with van der Waals surface area (Å²) in [5.41, 5.74) is 5.45. The van der Waals surface area contributed by atoms with Crippen LogP contribution in [0.3, 0.4) is 0 Å². The number of nitrogens with one attached hydrogen (secondary N) is 1. The van der Waals surface area contributed by atoms with E-state index in [1.165, 1.54) is 11.1 Å². The van der Waals surface area contributed by atoms with Crippen LogP contribution in [0.2, 0.25) is 5.02 Å². The van der Waals surface area contributed by atoms with E-state index in [0.29, 0.717) is 0 Å². The third kappa shape index (κ3) is 2.36. The smallest absolute Gasteiger partial charge is 0.123 e. The molecule has 2 aliphatic heterocycles. The number of likely N-dealkylation sites (tertiary alicyclic amines) is 1. The van der Waals surface area contributed by atoms with Gasteiger partial charge in [-0.15, -0.1) is 0 Å². The average Bonchev–Trinajstić information content (AvgIpc) is 2.85. The van der Waals surface area contributed by atoms with Crippen molar-refractivity contribution in [3.63, 3.8) is 0 Å². The summed E-state index contributed by atoms with van der Waals surface area (Å²) >= 11 is 9.34. The molecule has 3 rings (SSSR count). The van der Waals surface area contributed by atoms with Gasteiger partial charge in [0.1, 0.15) is 10.7 Å². The minimum Gasteiger partial charge on any atom is -0.292 e. The Morgan fingerprint density at radius 1 is 1.41 bits per heavy atom. The van der Waals surface area contributed by atoms with E-state index in [2.05, 4.69) is 38.4 Å². The SMILES string of the molecule is Clc1ccc(CN2CC3=C(Br)NO[C@@H]3C2)cc1. The molecule has 1 aromatic rings. The van der Waals surface area contributed by atoms with Gasteiger partial charge in [-0.05, 0) is 33.6 Å². The molecule has 0 aliphatic carbocycles. The zero-order valence-electron chi connectivity index (χ0n) is 9.12. The van der Waals surface area contributed by atoms with Crippen LogP contribution >= 0.6 is 27.5 Å². The summed E-state index contributed by atoms with van der Waals surface area (Å²) in [5, 5.41) is 0.782. The molecule has 0 saturated carbocycles. The molecule has 90 valence electrons. The Bertz CT molecular complexity index is 460. The van der Waals surface area contributed by atoms with Crippen LogP contribution in [-0.4, -0.2) is 24.1 Å². The second-order valence-electron chi connectivity index (χ2n) is 4.34. The highest BCUT2D eigenvalue weighted by atomic mass is 79.9. The number of halogens is 2. The van der Waals surface area contributed by atoms with Crippen molar-refractivity contribution in [3.8, 4) is 0 Å². The van der Waals surface area contributed by atoms with Gasteiger partial charge in [-0.2, -0.15) is 0 Å². The molecular formula is C12H12BrClN2O. The van der Waals surface area contributed by atoms with E-state index in [-0.39, 0.29) is 6.10 Å².